The van der Waals surface area contributed by atoms with Crippen LogP contribution in [0, 0.1) is 0 Å². The molecule has 6 nitrogen and oxygen atoms in total. The van der Waals surface area contributed by atoms with Gasteiger partial charge in [-0.05, 0) is 31.3 Å². The third kappa shape index (κ3) is 4.63. The summed E-state index contributed by atoms with van der Waals surface area (Å²) in [6.45, 7) is 0.869. The zero-order valence-corrected chi connectivity index (χ0v) is 11.4. The average Bonchev–Trinajstić information content (AvgIpc) is 2.29. The molecular weight excluding hydrogens is 263 g/mol. The van der Waals surface area contributed by atoms with Crippen LogP contribution in [-0.4, -0.2) is 23.0 Å². The first-order valence-corrected chi connectivity index (χ1v) is 8.30. The molecule has 0 aliphatic rings. The Morgan fingerprint density at radius 1 is 1.41 bits per heavy atom. The Kier molecular flexibility index (Phi) is 5.91. The Labute approximate surface area is 104 Å². The maximum absolute atomic E-state index is 12.1. The minimum atomic E-state index is -3.19. The molecule has 0 radical (unpaired) electrons. The molecule has 8 heteroatoms. The SMILES string of the molecule is CCOP(=O)(OCC)SCn1ncccc1=O. The van der Waals surface area contributed by atoms with Crippen molar-refractivity contribution in [2.24, 2.45) is 0 Å². The van der Waals surface area contributed by atoms with E-state index in [4.69, 9.17) is 9.05 Å². The normalized spacial score (nSPS) is 11.6. The van der Waals surface area contributed by atoms with Crippen molar-refractivity contribution in [2.75, 3.05) is 13.2 Å². The van der Waals surface area contributed by atoms with Crippen LogP contribution in [0.25, 0.3) is 0 Å². The minimum Gasteiger partial charge on any atom is -0.301 e. The van der Waals surface area contributed by atoms with Crippen LogP contribution in [0.5, 0.6) is 0 Å². The van der Waals surface area contributed by atoms with E-state index in [2.05, 4.69) is 5.10 Å². The van der Waals surface area contributed by atoms with Gasteiger partial charge in [-0.25, -0.2) is 9.25 Å². The first kappa shape index (κ1) is 14.4. The molecule has 96 valence electrons. The number of hydrogen-bond donors (Lipinski definition) is 0. The van der Waals surface area contributed by atoms with Crippen LogP contribution in [0.1, 0.15) is 13.8 Å². The lowest BCUT2D eigenvalue weighted by molar-refractivity contribution is 0.236. The standard InChI is InChI=1S/C9H15N2O4PS/c1-3-14-16(13,15-4-2)17-8-11-9(12)6-5-7-10-11/h5-7H,3-4,8H2,1-2H3. The molecule has 0 saturated heterocycles. The third-order valence-corrected chi connectivity index (χ3v) is 5.45. The van der Waals surface area contributed by atoms with Crippen LogP contribution in [0.4, 0.5) is 0 Å². The van der Waals surface area contributed by atoms with Crippen molar-refractivity contribution in [2.45, 2.75) is 19.7 Å². The van der Waals surface area contributed by atoms with E-state index in [-0.39, 0.29) is 11.4 Å². The summed E-state index contributed by atoms with van der Waals surface area (Å²) in [5, 5.41) is 3.85. The summed E-state index contributed by atoms with van der Waals surface area (Å²) in [6.07, 6.45) is 1.49. The lowest BCUT2D eigenvalue weighted by Gasteiger charge is -2.15. The van der Waals surface area contributed by atoms with Crippen LogP contribution in [-0.2, 0) is 19.5 Å². The van der Waals surface area contributed by atoms with Gasteiger partial charge < -0.3 is 9.05 Å². The lowest BCUT2D eigenvalue weighted by Crippen LogP contribution is -2.19. The van der Waals surface area contributed by atoms with Gasteiger partial charge in [-0.3, -0.25) is 4.79 Å². The number of rotatable bonds is 7. The van der Waals surface area contributed by atoms with Gasteiger partial charge in [0.25, 0.3) is 5.56 Å². The second-order valence-corrected chi connectivity index (χ2v) is 6.95. The average molecular weight is 278 g/mol. The van der Waals surface area contributed by atoms with E-state index in [1.165, 1.54) is 16.9 Å². The van der Waals surface area contributed by atoms with Gasteiger partial charge in [0, 0.05) is 12.3 Å². The Balaban J connectivity index is 2.67. The molecule has 0 aliphatic heterocycles. The van der Waals surface area contributed by atoms with Crippen molar-refractivity contribution in [1.29, 1.82) is 0 Å². The molecule has 1 rings (SSSR count). The topological polar surface area (TPSA) is 70.4 Å². The van der Waals surface area contributed by atoms with Gasteiger partial charge in [0.1, 0.15) is 5.88 Å². The monoisotopic (exact) mass is 278 g/mol. The largest absolute Gasteiger partial charge is 0.390 e. The molecule has 17 heavy (non-hydrogen) atoms. The van der Waals surface area contributed by atoms with Crippen LogP contribution in [0.2, 0.25) is 0 Å². The Morgan fingerprint density at radius 2 is 2.06 bits per heavy atom. The van der Waals surface area contributed by atoms with Crippen molar-refractivity contribution >= 4 is 18.2 Å². The van der Waals surface area contributed by atoms with E-state index in [0.717, 1.165) is 11.4 Å². The fraction of sp³-hybridized carbons (Fsp3) is 0.556. The van der Waals surface area contributed by atoms with Gasteiger partial charge >= 0.3 is 6.80 Å². The molecule has 0 fully saturated rings. The minimum absolute atomic E-state index is 0.136. The Morgan fingerprint density at radius 3 is 2.59 bits per heavy atom. The zero-order valence-electron chi connectivity index (χ0n) is 9.74. The molecule has 0 aromatic carbocycles. The Bertz CT molecular complexity index is 441. The van der Waals surface area contributed by atoms with Crippen LogP contribution in [0.15, 0.2) is 23.1 Å². The molecule has 0 amide bonds. The summed E-state index contributed by atoms with van der Waals surface area (Å²) >= 11 is 0.952. The summed E-state index contributed by atoms with van der Waals surface area (Å²) in [6, 6.07) is 2.94. The lowest BCUT2D eigenvalue weighted by atomic mass is 10.6. The number of aromatic nitrogens is 2. The zero-order chi connectivity index (χ0) is 12.7. The van der Waals surface area contributed by atoms with Gasteiger partial charge in [-0.15, -0.1) is 0 Å². The van der Waals surface area contributed by atoms with E-state index < -0.39 is 6.80 Å². The number of hydrogen-bond acceptors (Lipinski definition) is 6. The second-order valence-electron chi connectivity index (χ2n) is 2.90. The predicted molar refractivity (Wildman–Crippen MR) is 66.9 cm³/mol. The van der Waals surface area contributed by atoms with Crippen LogP contribution in [0.3, 0.4) is 0 Å². The highest BCUT2D eigenvalue weighted by atomic mass is 32.7. The van der Waals surface area contributed by atoms with Gasteiger partial charge in [-0.1, -0.05) is 0 Å². The molecule has 0 atom stereocenters. The second kappa shape index (κ2) is 6.96. The van der Waals surface area contributed by atoms with E-state index in [1.807, 2.05) is 0 Å². The van der Waals surface area contributed by atoms with Crippen molar-refractivity contribution in [3.63, 3.8) is 0 Å². The predicted octanol–water partition coefficient (Wildman–Crippen LogP) is 2.12. The summed E-state index contributed by atoms with van der Waals surface area (Å²) < 4.78 is 23.4. The van der Waals surface area contributed by atoms with E-state index >= 15 is 0 Å². The smallest absolute Gasteiger partial charge is 0.301 e. The molecule has 0 bridgehead atoms. The van der Waals surface area contributed by atoms with Crippen LogP contribution < -0.4 is 5.56 Å². The van der Waals surface area contributed by atoms with Gasteiger partial charge in [0.05, 0.1) is 13.2 Å². The van der Waals surface area contributed by atoms with Crippen molar-refractivity contribution < 1.29 is 13.6 Å². The van der Waals surface area contributed by atoms with Gasteiger partial charge in [0.15, 0.2) is 0 Å². The summed E-state index contributed by atoms with van der Waals surface area (Å²) in [4.78, 5) is 11.4. The molecule has 0 unspecified atom stereocenters. The fourth-order valence-corrected chi connectivity index (χ4v) is 4.17. The maximum Gasteiger partial charge on any atom is 0.390 e. The third-order valence-electron chi connectivity index (χ3n) is 1.70. The highest BCUT2D eigenvalue weighted by Gasteiger charge is 2.24. The highest BCUT2D eigenvalue weighted by molar-refractivity contribution is 8.54. The van der Waals surface area contributed by atoms with E-state index in [0.29, 0.717) is 13.2 Å². The highest BCUT2D eigenvalue weighted by Crippen LogP contribution is 2.60. The number of nitrogens with zero attached hydrogens (tertiary/aromatic N) is 2. The summed E-state index contributed by atoms with van der Waals surface area (Å²) in [5.74, 6) is 0.136. The molecule has 1 heterocycles. The molecule has 1 aromatic rings. The summed E-state index contributed by atoms with van der Waals surface area (Å²) in [7, 11) is 0. The van der Waals surface area contributed by atoms with Crippen molar-refractivity contribution in [1.82, 2.24) is 9.78 Å². The first-order chi connectivity index (χ1) is 8.11. The molecule has 1 aromatic heterocycles. The molecular formula is C9H15N2O4PS. The Hall–Kier alpha value is -0.620. The molecule has 0 saturated carbocycles. The summed E-state index contributed by atoms with van der Waals surface area (Å²) in [5.41, 5.74) is -0.250. The van der Waals surface area contributed by atoms with Gasteiger partial charge in [-0.2, -0.15) is 5.10 Å². The quantitative estimate of drug-likeness (QED) is 0.711. The van der Waals surface area contributed by atoms with E-state index in [9.17, 15) is 9.36 Å². The van der Waals surface area contributed by atoms with Crippen LogP contribution >= 0.6 is 18.2 Å². The van der Waals surface area contributed by atoms with E-state index in [1.54, 1.807) is 19.9 Å². The molecule has 0 aliphatic carbocycles. The fourth-order valence-electron chi connectivity index (χ4n) is 1.04. The van der Waals surface area contributed by atoms with Gasteiger partial charge in [0.2, 0.25) is 0 Å². The first-order valence-electron chi connectivity index (χ1n) is 5.17. The molecule has 0 N–H and O–H groups in total. The maximum atomic E-state index is 12.1. The van der Waals surface area contributed by atoms with Crippen molar-refractivity contribution in [3.05, 3.63) is 28.7 Å². The molecule has 0 spiro atoms. The van der Waals surface area contributed by atoms with Crippen molar-refractivity contribution in [3.8, 4) is 0 Å².